The predicted octanol–water partition coefficient (Wildman–Crippen LogP) is 4.70. The van der Waals surface area contributed by atoms with E-state index in [9.17, 15) is 14.0 Å². The molecule has 23 heavy (non-hydrogen) atoms. The standard InChI is InChI=1S/C16H9BrFNO3S/c17-10-5-6-13(11(18)8-10)22-12-4-2-1-3-9(12)7-14-15(20)19-16(21)23-14/h1-8H,(H,19,20,21)/b14-7-. The second kappa shape index (κ2) is 6.55. The number of hydrogen-bond acceptors (Lipinski definition) is 4. The molecule has 1 heterocycles. The topological polar surface area (TPSA) is 55.4 Å². The van der Waals surface area contributed by atoms with Crippen molar-refractivity contribution in [2.24, 2.45) is 0 Å². The molecular formula is C16H9BrFNO3S. The van der Waals surface area contributed by atoms with Crippen LogP contribution in [0.4, 0.5) is 9.18 Å². The summed E-state index contributed by atoms with van der Waals surface area (Å²) in [6, 6.07) is 11.3. The molecule has 4 nitrogen and oxygen atoms in total. The lowest BCUT2D eigenvalue weighted by Gasteiger charge is -2.10. The van der Waals surface area contributed by atoms with Crippen LogP contribution in [0.15, 0.2) is 51.8 Å². The Labute approximate surface area is 143 Å². The van der Waals surface area contributed by atoms with Crippen LogP contribution in [0, 0.1) is 5.82 Å². The summed E-state index contributed by atoms with van der Waals surface area (Å²) in [5.74, 6) is -0.512. The van der Waals surface area contributed by atoms with Gasteiger partial charge in [-0.25, -0.2) is 4.39 Å². The van der Waals surface area contributed by atoms with E-state index >= 15 is 0 Å². The molecule has 1 saturated heterocycles. The third-order valence-electron chi connectivity index (χ3n) is 2.96. The Morgan fingerprint density at radius 1 is 1.13 bits per heavy atom. The molecule has 2 aromatic carbocycles. The van der Waals surface area contributed by atoms with E-state index in [4.69, 9.17) is 4.74 Å². The third kappa shape index (κ3) is 3.62. The minimum atomic E-state index is -0.509. The van der Waals surface area contributed by atoms with Crippen molar-refractivity contribution in [1.82, 2.24) is 5.32 Å². The smallest absolute Gasteiger partial charge is 0.290 e. The van der Waals surface area contributed by atoms with Crippen molar-refractivity contribution >= 4 is 44.9 Å². The molecule has 0 saturated carbocycles. The summed E-state index contributed by atoms with van der Waals surface area (Å²) in [7, 11) is 0. The van der Waals surface area contributed by atoms with E-state index in [2.05, 4.69) is 21.2 Å². The summed E-state index contributed by atoms with van der Waals surface area (Å²) < 4.78 is 20.1. The van der Waals surface area contributed by atoms with E-state index in [1.807, 2.05) is 0 Å². The second-order valence-electron chi connectivity index (χ2n) is 4.57. The Bertz CT molecular complexity index is 838. The molecule has 0 atom stereocenters. The summed E-state index contributed by atoms with van der Waals surface area (Å²) in [6.07, 6.45) is 1.54. The molecule has 0 spiro atoms. The summed E-state index contributed by atoms with van der Waals surface area (Å²) >= 11 is 4.00. The molecule has 116 valence electrons. The number of halogens is 2. The van der Waals surface area contributed by atoms with Gasteiger partial charge in [-0.3, -0.25) is 14.9 Å². The fraction of sp³-hybridized carbons (Fsp3) is 0. The number of benzene rings is 2. The SMILES string of the molecule is O=C1NC(=O)/C(=C/c2ccccc2Oc2ccc(Br)cc2F)S1. The monoisotopic (exact) mass is 393 g/mol. The minimum Gasteiger partial charge on any atom is -0.454 e. The van der Waals surface area contributed by atoms with Gasteiger partial charge in [0.2, 0.25) is 0 Å². The highest BCUT2D eigenvalue weighted by atomic mass is 79.9. The Kier molecular flexibility index (Phi) is 4.49. The first kappa shape index (κ1) is 15.8. The number of nitrogens with one attached hydrogen (secondary N) is 1. The van der Waals surface area contributed by atoms with E-state index in [1.165, 1.54) is 18.2 Å². The van der Waals surface area contributed by atoms with Crippen LogP contribution in [0.2, 0.25) is 0 Å². The molecular weight excluding hydrogens is 385 g/mol. The summed E-state index contributed by atoms with van der Waals surface area (Å²) in [5, 5.41) is 1.76. The number of ether oxygens (including phenoxy) is 1. The van der Waals surface area contributed by atoms with E-state index in [1.54, 1.807) is 30.3 Å². The lowest BCUT2D eigenvalue weighted by molar-refractivity contribution is -0.115. The summed E-state index contributed by atoms with van der Waals surface area (Å²) in [5.41, 5.74) is 0.571. The maximum atomic E-state index is 13.9. The zero-order valence-corrected chi connectivity index (χ0v) is 13.9. The van der Waals surface area contributed by atoms with Gasteiger partial charge in [0.25, 0.3) is 11.1 Å². The number of rotatable bonds is 3. The number of carbonyl (C=O) groups is 2. The molecule has 1 aliphatic heterocycles. The second-order valence-corrected chi connectivity index (χ2v) is 6.50. The molecule has 1 fully saturated rings. The van der Waals surface area contributed by atoms with Crippen LogP contribution in [0.5, 0.6) is 11.5 Å². The van der Waals surface area contributed by atoms with Gasteiger partial charge < -0.3 is 4.74 Å². The van der Waals surface area contributed by atoms with Gasteiger partial charge in [-0.05, 0) is 42.1 Å². The van der Waals surface area contributed by atoms with Crippen LogP contribution in [0.25, 0.3) is 6.08 Å². The fourth-order valence-electron chi connectivity index (χ4n) is 1.93. The fourth-order valence-corrected chi connectivity index (χ4v) is 2.94. The van der Waals surface area contributed by atoms with Crippen LogP contribution in [-0.2, 0) is 4.79 Å². The van der Waals surface area contributed by atoms with Crippen LogP contribution in [0.3, 0.4) is 0 Å². The number of thioether (sulfide) groups is 1. The van der Waals surface area contributed by atoms with Crippen molar-refractivity contribution in [2.45, 2.75) is 0 Å². The van der Waals surface area contributed by atoms with Crippen molar-refractivity contribution in [1.29, 1.82) is 0 Å². The molecule has 0 aliphatic carbocycles. The zero-order chi connectivity index (χ0) is 16.4. The van der Waals surface area contributed by atoms with Gasteiger partial charge in [-0.15, -0.1) is 0 Å². The van der Waals surface area contributed by atoms with Crippen molar-refractivity contribution in [2.75, 3.05) is 0 Å². The highest BCUT2D eigenvalue weighted by molar-refractivity contribution is 9.10. The molecule has 0 unspecified atom stereocenters. The largest absolute Gasteiger partial charge is 0.454 e. The zero-order valence-electron chi connectivity index (χ0n) is 11.5. The lowest BCUT2D eigenvalue weighted by Crippen LogP contribution is -2.17. The first-order valence-electron chi connectivity index (χ1n) is 6.50. The Morgan fingerprint density at radius 3 is 2.61 bits per heavy atom. The molecule has 0 aromatic heterocycles. The predicted molar refractivity (Wildman–Crippen MR) is 89.7 cm³/mol. The van der Waals surface area contributed by atoms with Crippen molar-refractivity contribution in [3.05, 3.63) is 63.2 Å². The Hall–Kier alpha value is -2.12. The first-order chi connectivity index (χ1) is 11.0. The number of imide groups is 1. The van der Waals surface area contributed by atoms with Crippen molar-refractivity contribution < 1.29 is 18.7 Å². The van der Waals surface area contributed by atoms with E-state index in [0.717, 1.165) is 11.8 Å². The minimum absolute atomic E-state index is 0.0682. The molecule has 2 amide bonds. The van der Waals surface area contributed by atoms with Crippen LogP contribution in [-0.4, -0.2) is 11.1 Å². The van der Waals surface area contributed by atoms with E-state index in [-0.39, 0.29) is 10.7 Å². The van der Waals surface area contributed by atoms with Crippen molar-refractivity contribution in [3.8, 4) is 11.5 Å². The highest BCUT2D eigenvalue weighted by Crippen LogP contribution is 2.32. The Balaban J connectivity index is 1.94. The Morgan fingerprint density at radius 2 is 1.91 bits per heavy atom. The van der Waals surface area contributed by atoms with Crippen LogP contribution >= 0.6 is 27.7 Å². The van der Waals surface area contributed by atoms with Gasteiger partial charge >= 0.3 is 0 Å². The maximum Gasteiger partial charge on any atom is 0.290 e. The van der Waals surface area contributed by atoms with Gasteiger partial charge in [-0.2, -0.15) is 0 Å². The number of amides is 2. The van der Waals surface area contributed by atoms with Gasteiger partial charge in [0, 0.05) is 10.0 Å². The molecule has 1 N–H and O–H groups in total. The third-order valence-corrected chi connectivity index (χ3v) is 4.27. The first-order valence-corrected chi connectivity index (χ1v) is 8.10. The normalized spacial score (nSPS) is 15.8. The maximum absolute atomic E-state index is 13.9. The molecule has 3 rings (SSSR count). The molecule has 0 bridgehead atoms. The average Bonchev–Trinajstić information content (AvgIpc) is 2.82. The quantitative estimate of drug-likeness (QED) is 0.767. The summed E-state index contributed by atoms with van der Waals surface area (Å²) in [6.45, 7) is 0. The number of para-hydroxylation sites is 1. The molecule has 1 aliphatic rings. The van der Waals surface area contributed by atoms with Gasteiger partial charge in [0.1, 0.15) is 5.75 Å². The number of carbonyl (C=O) groups excluding carboxylic acids is 2. The van der Waals surface area contributed by atoms with Crippen LogP contribution in [0.1, 0.15) is 5.56 Å². The van der Waals surface area contributed by atoms with Crippen LogP contribution < -0.4 is 10.1 Å². The molecule has 7 heteroatoms. The molecule has 0 radical (unpaired) electrons. The van der Waals surface area contributed by atoms with E-state index in [0.29, 0.717) is 15.8 Å². The van der Waals surface area contributed by atoms with Crippen molar-refractivity contribution in [3.63, 3.8) is 0 Å². The summed E-state index contributed by atoms with van der Waals surface area (Å²) in [4.78, 5) is 23.1. The van der Waals surface area contributed by atoms with Gasteiger partial charge in [0.15, 0.2) is 11.6 Å². The van der Waals surface area contributed by atoms with E-state index < -0.39 is 17.0 Å². The highest BCUT2D eigenvalue weighted by Gasteiger charge is 2.25. The molecule has 2 aromatic rings. The lowest BCUT2D eigenvalue weighted by atomic mass is 10.2. The van der Waals surface area contributed by atoms with Gasteiger partial charge in [0.05, 0.1) is 4.91 Å². The number of hydrogen-bond donors (Lipinski definition) is 1. The van der Waals surface area contributed by atoms with Gasteiger partial charge in [-0.1, -0.05) is 34.1 Å². The average molecular weight is 394 g/mol.